The molecule has 90 valence electrons. The summed E-state index contributed by atoms with van der Waals surface area (Å²) in [6, 6.07) is 4.47. The zero-order chi connectivity index (χ0) is 13.1. The first-order valence-corrected chi connectivity index (χ1v) is 4.49. The van der Waals surface area contributed by atoms with Crippen molar-refractivity contribution < 1.29 is 18.0 Å². The van der Waals surface area contributed by atoms with Gasteiger partial charge < -0.3 is 11.1 Å². The van der Waals surface area contributed by atoms with Crippen LogP contribution in [0.4, 0.5) is 18.9 Å². The van der Waals surface area contributed by atoms with Gasteiger partial charge in [0.15, 0.2) is 0 Å². The first kappa shape index (κ1) is 13.0. The molecule has 4 nitrogen and oxygen atoms in total. The van der Waals surface area contributed by atoms with E-state index in [1.807, 2.05) is 5.32 Å². The molecule has 1 aromatic carbocycles. The highest BCUT2D eigenvalue weighted by molar-refractivity contribution is 5.93. The zero-order valence-corrected chi connectivity index (χ0v) is 8.51. The second-order valence-electron chi connectivity index (χ2n) is 3.12. The normalized spacial score (nSPS) is 10.8. The third-order valence-electron chi connectivity index (χ3n) is 1.91. The summed E-state index contributed by atoms with van der Waals surface area (Å²) in [4.78, 5) is 10.9. The van der Waals surface area contributed by atoms with Crippen molar-refractivity contribution in [2.45, 2.75) is 6.18 Å². The van der Waals surface area contributed by atoms with E-state index in [-0.39, 0.29) is 5.56 Å². The van der Waals surface area contributed by atoms with Crippen molar-refractivity contribution >= 4 is 11.6 Å². The van der Waals surface area contributed by atoms with Gasteiger partial charge in [0, 0.05) is 0 Å². The lowest BCUT2D eigenvalue weighted by atomic mass is 10.1. The van der Waals surface area contributed by atoms with Crippen LogP contribution in [0.15, 0.2) is 18.2 Å². The van der Waals surface area contributed by atoms with E-state index in [0.29, 0.717) is 6.07 Å². The average Bonchev–Trinajstić information content (AvgIpc) is 2.28. The van der Waals surface area contributed by atoms with Crippen LogP contribution in [0.3, 0.4) is 0 Å². The number of rotatable bonds is 2. The number of nitrogens with zero attached hydrogens (tertiary/aromatic N) is 1. The predicted molar refractivity (Wildman–Crippen MR) is 53.8 cm³/mol. The van der Waals surface area contributed by atoms with Crippen molar-refractivity contribution in [3.05, 3.63) is 29.3 Å². The largest absolute Gasteiger partial charge is 0.418 e. The highest BCUT2D eigenvalue weighted by Crippen LogP contribution is 2.35. The van der Waals surface area contributed by atoms with Crippen LogP contribution in [-0.2, 0) is 11.0 Å². The standard InChI is InChI=1S/C10H8F3N3O/c11-10(12,13)7-3-6(4-14)1-2-8(7)16-9(17)5-15/h1-3H,5,15H2,(H,16,17). The molecule has 0 aromatic heterocycles. The van der Waals surface area contributed by atoms with Crippen LogP contribution in [-0.4, -0.2) is 12.5 Å². The topological polar surface area (TPSA) is 78.9 Å². The van der Waals surface area contributed by atoms with Crippen molar-refractivity contribution in [3.8, 4) is 6.07 Å². The minimum Gasteiger partial charge on any atom is -0.324 e. The molecular weight excluding hydrogens is 235 g/mol. The number of carbonyl (C=O) groups is 1. The van der Waals surface area contributed by atoms with Crippen LogP contribution in [0.2, 0.25) is 0 Å². The molecule has 0 bridgehead atoms. The van der Waals surface area contributed by atoms with E-state index >= 15 is 0 Å². The Morgan fingerprint density at radius 2 is 2.12 bits per heavy atom. The molecule has 0 saturated heterocycles. The van der Waals surface area contributed by atoms with Crippen LogP contribution < -0.4 is 11.1 Å². The number of nitrogens with one attached hydrogen (secondary N) is 1. The highest BCUT2D eigenvalue weighted by atomic mass is 19.4. The summed E-state index contributed by atoms with van der Waals surface area (Å²) in [5.41, 5.74) is 3.37. The molecule has 1 aromatic rings. The molecule has 0 spiro atoms. The quantitative estimate of drug-likeness (QED) is 0.825. The summed E-state index contributed by atoms with van der Waals surface area (Å²) in [7, 11) is 0. The van der Waals surface area contributed by atoms with Crippen LogP contribution in [0.5, 0.6) is 0 Å². The number of amides is 1. The molecular formula is C10H8F3N3O. The summed E-state index contributed by atoms with van der Waals surface area (Å²) in [6.07, 6.45) is -4.65. The third-order valence-corrected chi connectivity index (χ3v) is 1.91. The van der Waals surface area contributed by atoms with Gasteiger partial charge in [-0.1, -0.05) is 0 Å². The van der Waals surface area contributed by atoms with Gasteiger partial charge in [-0.25, -0.2) is 0 Å². The van der Waals surface area contributed by atoms with E-state index in [0.717, 1.165) is 6.07 Å². The monoisotopic (exact) mass is 243 g/mol. The number of benzene rings is 1. The fourth-order valence-electron chi connectivity index (χ4n) is 1.16. The van der Waals surface area contributed by atoms with Crippen molar-refractivity contribution in [3.63, 3.8) is 0 Å². The Bertz CT molecular complexity index is 477. The fraction of sp³-hybridized carbons (Fsp3) is 0.200. The number of alkyl halides is 3. The van der Waals surface area contributed by atoms with Crippen molar-refractivity contribution in [2.75, 3.05) is 11.9 Å². The molecule has 0 radical (unpaired) electrons. The minimum atomic E-state index is -4.65. The maximum Gasteiger partial charge on any atom is 0.418 e. The number of halogens is 3. The van der Waals surface area contributed by atoms with Gasteiger partial charge in [-0.15, -0.1) is 0 Å². The van der Waals surface area contributed by atoms with E-state index in [1.165, 1.54) is 6.07 Å². The van der Waals surface area contributed by atoms with Crippen LogP contribution in [0.1, 0.15) is 11.1 Å². The Kier molecular flexibility index (Phi) is 3.70. The molecule has 0 saturated carbocycles. The van der Waals surface area contributed by atoms with Gasteiger partial charge >= 0.3 is 6.18 Å². The van der Waals surface area contributed by atoms with E-state index in [9.17, 15) is 18.0 Å². The van der Waals surface area contributed by atoms with E-state index in [2.05, 4.69) is 0 Å². The molecule has 3 N–H and O–H groups in total. The van der Waals surface area contributed by atoms with Gasteiger partial charge in [0.05, 0.1) is 29.4 Å². The number of hydrogen-bond donors (Lipinski definition) is 2. The Morgan fingerprint density at radius 1 is 1.47 bits per heavy atom. The Morgan fingerprint density at radius 3 is 2.59 bits per heavy atom. The van der Waals surface area contributed by atoms with Crippen molar-refractivity contribution in [2.24, 2.45) is 5.73 Å². The van der Waals surface area contributed by atoms with E-state index in [1.54, 1.807) is 6.07 Å². The summed E-state index contributed by atoms with van der Waals surface area (Å²) in [5, 5.41) is 10.5. The molecule has 1 amide bonds. The third kappa shape index (κ3) is 3.19. The molecule has 1 rings (SSSR count). The molecule has 0 fully saturated rings. The number of nitrogens with two attached hydrogens (primary N) is 1. The summed E-state index contributed by atoms with van der Waals surface area (Å²) in [5.74, 6) is -0.736. The van der Waals surface area contributed by atoms with Gasteiger partial charge in [-0.2, -0.15) is 18.4 Å². The maximum absolute atomic E-state index is 12.6. The molecule has 0 aliphatic rings. The SMILES string of the molecule is N#Cc1ccc(NC(=O)CN)c(C(F)(F)F)c1. The highest BCUT2D eigenvalue weighted by Gasteiger charge is 2.34. The van der Waals surface area contributed by atoms with Crippen molar-refractivity contribution in [1.82, 2.24) is 0 Å². The second-order valence-corrected chi connectivity index (χ2v) is 3.12. The lowest BCUT2D eigenvalue weighted by Gasteiger charge is -2.13. The lowest BCUT2D eigenvalue weighted by molar-refractivity contribution is -0.137. The summed E-state index contributed by atoms with van der Waals surface area (Å²) < 4.78 is 37.9. The smallest absolute Gasteiger partial charge is 0.324 e. The van der Waals surface area contributed by atoms with Crippen LogP contribution in [0, 0.1) is 11.3 Å². The number of carbonyl (C=O) groups excluding carboxylic acids is 1. The molecule has 0 atom stereocenters. The molecule has 17 heavy (non-hydrogen) atoms. The maximum atomic E-state index is 12.6. The second kappa shape index (κ2) is 4.84. The molecule has 0 aliphatic heterocycles. The van der Waals surface area contributed by atoms with Crippen LogP contribution in [0.25, 0.3) is 0 Å². The van der Waals surface area contributed by atoms with E-state index in [4.69, 9.17) is 11.0 Å². The molecule has 7 heteroatoms. The average molecular weight is 243 g/mol. The Labute approximate surface area is 94.8 Å². The van der Waals surface area contributed by atoms with Gasteiger partial charge in [-0.05, 0) is 18.2 Å². The Hall–Kier alpha value is -2.07. The Balaban J connectivity index is 3.22. The molecule has 0 heterocycles. The zero-order valence-electron chi connectivity index (χ0n) is 8.51. The predicted octanol–water partition coefficient (Wildman–Crippen LogP) is 1.47. The summed E-state index contributed by atoms with van der Waals surface area (Å²) >= 11 is 0. The van der Waals surface area contributed by atoms with Crippen molar-refractivity contribution in [1.29, 1.82) is 5.26 Å². The van der Waals surface area contributed by atoms with Gasteiger partial charge in [-0.3, -0.25) is 4.79 Å². The van der Waals surface area contributed by atoms with Gasteiger partial charge in [0.1, 0.15) is 0 Å². The first-order valence-electron chi connectivity index (χ1n) is 4.49. The summed E-state index contributed by atoms with van der Waals surface area (Å²) in [6.45, 7) is -0.419. The lowest BCUT2D eigenvalue weighted by Crippen LogP contribution is -2.23. The number of nitriles is 1. The molecule has 0 unspecified atom stereocenters. The first-order chi connectivity index (χ1) is 7.88. The number of hydrogen-bond acceptors (Lipinski definition) is 3. The fourth-order valence-corrected chi connectivity index (χ4v) is 1.16. The van der Waals surface area contributed by atoms with Crippen LogP contribution >= 0.6 is 0 Å². The van der Waals surface area contributed by atoms with Gasteiger partial charge in [0.2, 0.25) is 5.91 Å². The number of anilines is 1. The van der Waals surface area contributed by atoms with Gasteiger partial charge in [0.25, 0.3) is 0 Å². The van der Waals surface area contributed by atoms with E-state index < -0.39 is 29.9 Å². The minimum absolute atomic E-state index is 0.136. The molecule has 0 aliphatic carbocycles.